The number of aliphatic hydroxyl groups is 1. The summed E-state index contributed by atoms with van der Waals surface area (Å²) in [7, 11) is -7.42. The predicted molar refractivity (Wildman–Crippen MR) is 128 cm³/mol. The number of hydrogen-bond acceptors (Lipinski definition) is 7. The molecule has 1 fully saturated rings. The van der Waals surface area contributed by atoms with Gasteiger partial charge >= 0.3 is 6.18 Å². The van der Waals surface area contributed by atoms with Crippen molar-refractivity contribution in [1.82, 2.24) is 9.03 Å². The van der Waals surface area contributed by atoms with Crippen LogP contribution in [-0.4, -0.2) is 69.9 Å². The molecular weight excluding hydrogens is 527 g/mol. The lowest BCUT2D eigenvalue weighted by Gasteiger charge is -2.42. The summed E-state index contributed by atoms with van der Waals surface area (Å²) < 4.78 is 94.3. The highest BCUT2D eigenvalue weighted by Crippen LogP contribution is 2.39. The zero-order valence-corrected chi connectivity index (χ0v) is 21.8. The van der Waals surface area contributed by atoms with E-state index < -0.39 is 43.1 Å². The van der Waals surface area contributed by atoms with Crippen molar-refractivity contribution in [3.8, 4) is 0 Å². The van der Waals surface area contributed by atoms with Gasteiger partial charge in [0.15, 0.2) is 5.60 Å². The highest BCUT2D eigenvalue weighted by atomic mass is 32.2. The first-order valence-corrected chi connectivity index (χ1v) is 14.6. The Kier molecular flexibility index (Phi) is 7.95. The molecule has 0 amide bonds. The van der Waals surface area contributed by atoms with Crippen LogP contribution in [0.1, 0.15) is 26.3 Å². The van der Waals surface area contributed by atoms with Crippen molar-refractivity contribution in [3.63, 3.8) is 0 Å². The summed E-state index contributed by atoms with van der Waals surface area (Å²) in [5.74, 6) is 0. The van der Waals surface area contributed by atoms with E-state index in [9.17, 15) is 35.1 Å². The fourth-order valence-corrected chi connectivity index (χ4v) is 6.99. The van der Waals surface area contributed by atoms with Gasteiger partial charge in [0.25, 0.3) is 10.0 Å². The number of sulfonamides is 2. The van der Waals surface area contributed by atoms with E-state index in [-0.39, 0.29) is 36.0 Å². The van der Waals surface area contributed by atoms with E-state index in [0.29, 0.717) is 12.6 Å². The number of hydrogen-bond donors (Lipinski definition) is 2. The van der Waals surface area contributed by atoms with Crippen LogP contribution in [-0.2, 0) is 25.6 Å². The Hall–Kier alpha value is -1.71. The Morgan fingerprint density at radius 1 is 1.11 bits per heavy atom. The molecule has 8 nitrogen and oxygen atoms in total. The van der Waals surface area contributed by atoms with Gasteiger partial charge < -0.3 is 10.0 Å². The Balaban J connectivity index is 1.89. The van der Waals surface area contributed by atoms with Gasteiger partial charge in [-0.1, -0.05) is 18.2 Å². The molecule has 0 aliphatic carbocycles. The second kappa shape index (κ2) is 9.98. The van der Waals surface area contributed by atoms with Crippen LogP contribution in [0.2, 0.25) is 0 Å². The Morgan fingerprint density at radius 2 is 1.74 bits per heavy atom. The molecule has 2 atom stereocenters. The van der Waals surface area contributed by atoms with E-state index in [0.717, 1.165) is 23.5 Å². The van der Waals surface area contributed by atoms with Crippen molar-refractivity contribution in [1.29, 1.82) is 0 Å². The number of thiophene rings is 1. The van der Waals surface area contributed by atoms with Crippen molar-refractivity contribution in [2.45, 2.75) is 48.0 Å². The number of nitrogens with one attached hydrogen (secondary N) is 1. The molecule has 1 aromatic heterocycles. The summed E-state index contributed by atoms with van der Waals surface area (Å²) in [6.07, 6.45) is -4.87. The number of piperazine rings is 1. The van der Waals surface area contributed by atoms with Gasteiger partial charge in [0.2, 0.25) is 10.0 Å². The van der Waals surface area contributed by atoms with Gasteiger partial charge in [0.05, 0.1) is 11.3 Å². The molecule has 3 rings (SSSR count). The second-order valence-corrected chi connectivity index (χ2v) is 14.1. The van der Waals surface area contributed by atoms with E-state index in [1.54, 1.807) is 16.3 Å². The van der Waals surface area contributed by atoms with Crippen LogP contribution in [0.4, 0.5) is 18.9 Å². The Morgan fingerprint density at radius 3 is 2.26 bits per heavy atom. The quantitative estimate of drug-likeness (QED) is 0.519. The molecule has 2 heterocycles. The van der Waals surface area contributed by atoms with Gasteiger partial charge in [-0.2, -0.15) is 17.5 Å². The average molecular weight is 556 g/mol. The molecule has 0 radical (unpaired) electrons. The van der Waals surface area contributed by atoms with Gasteiger partial charge in [0.1, 0.15) is 4.21 Å². The van der Waals surface area contributed by atoms with Gasteiger partial charge in [-0.05, 0) is 49.9 Å². The standard InChI is InChI=1S/C21H28F3N3O5S3/c1-15(2)34(29,30)25-13-18-14-26(35(31,32)19-5-4-12-33-19)10-11-27(18)17-8-6-16(7-9-17)20(3,28)21(22,23)24/h4-9,12,15,18,25,28H,10-11,13-14H2,1-3H3. The summed E-state index contributed by atoms with van der Waals surface area (Å²) in [6, 6.07) is 7.63. The van der Waals surface area contributed by atoms with Crippen LogP contribution in [0.15, 0.2) is 46.0 Å². The Bertz CT molecular complexity index is 1210. The van der Waals surface area contributed by atoms with E-state index in [4.69, 9.17) is 0 Å². The molecule has 1 aromatic carbocycles. The largest absolute Gasteiger partial charge is 0.421 e. The maximum Gasteiger partial charge on any atom is 0.421 e. The van der Waals surface area contributed by atoms with E-state index >= 15 is 0 Å². The number of alkyl halides is 3. The zero-order chi connectivity index (χ0) is 26.2. The minimum atomic E-state index is -4.87. The minimum absolute atomic E-state index is 0.0249. The molecule has 35 heavy (non-hydrogen) atoms. The maximum absolute atomic E-state index is 13.2. The monoisotopic (exact) mass is 555 g/mol. The maximum atomic E-state index is 13.2. The minimum Gasteiger partial charge on any atom is -0.376 e. The van der Waals surface area contributed by atoms with Crippen molar-refractivity contribution in [3.05, 3.63) is 47.3 Å². The van der Waals surface area contributed by atoms with Crippen LogP contribution in [0, 0.1) is 0 Å². The fraction of sp³-hybridized carbons (Fsp3) is 0.524. The van der Waals surface area contributed by atoms with Crippen LogP contribution in [0.3, 0.4) is 0 Å². The van der Waals surface area contributed by atoms with Gasteiger partial charge in [-0.3, -0.25) is 0 Å². The molecule has 1 aliphatic heterocycles. The third-order valence-corrected chi connectivity index (χ3v) is 11.0. The highest BCUT2D eigenvalue weighted by Gasteiger charge is 2.51. The number of anilines is 1. The van der Waals surface area contributed by atoms with Gasteiger partial charge in [-0.25, -0.2) is 21.6 Å². The van der Waals surface area contributed by atoms with E-state index in [2.05, 4.69) is 4.72 Å². The topological polar surface area (TPSA) is 107 Å². The molecule has 1 saturated heterocycles. The molecule has 0 saturated carbocycles. The Labute approximate surface area is 207 Å². The van der Waals surface area contributed by atoms with E-state index in [1.165, 1.54) is 36.4 Å². The molecule has 1 aliphatic rings. The lowest BCUT2D eigenvalue weighted by Crippen LogP contribution is -2.58. The lowest BCUT2D eigenvalue weighted by atomic mass is 9.95. The summed E-state index contributed by atoms with van der Waals surface area (Å²) in [4.78, 5) is 1.76. The number of nitrogens with zero attached hydrogens (tertiary/aromatic N) is 2. The first kappa shape index (κ1) is 27.9. The predicted octanol–water partition coefficient (Wildman–Crippen LogP) is 2.73. The highest BCUT2D eigenvalue weighted by molar-refractivity contribution is 7.91. The van der Waals surface area contributed by atoms with E-state index in [1.807, 2.05) is 0 Å². The molecule has 2 aromatic rings. The molecule has 2 unspecified atom stereocenters. The van der Waals surface area contributed by atoms with Crippen LogP contribution >= 0.6 is 11.3 Å². The molecule has 0 spiro atoms. The van der Waals surface area contributed by atoms with Gasteiger partial charge in [-0.15, -0.1) is 11.3 Å². The third kappa shape index (κ3) is 5.83. The van der Waals surface area contributed by atoms with Gasteiger partial charge in [0, 0.05) is 31.9 Å². The summed E-state index contributed by atoms with van der Waals surface area (Å²) in [6.45, 7) is 3.87. The average Bonchev–Trinajstić information content (AvgIpc) is 3.33. The molecule has 0 bridgehead atoms. The number of halogens is 3. The smallest absolute Gasteiger partial charge is 0.376 e. The first-order valence-electron chi connectivity index (χ1n) is 10.8. The summed E-state index contributed by atoms with van der Waals surface area (Å²) >= 11 is 1.08. The van der Waals surface area contributed by atoms with Crippen LogP contribution < -0.4 is 9.62 Å². The fourth-order valence-electron chi connectivity index (χ4n) is 3.62. The molecule has 196 valence electrons. The van der Waals surface area contributed by atoms with Crippen molar-refractivity contribution < 1.29 is 35.1 Å². The SMILES string of the molecule is CC(C)S(=O)(=O)NCC1CN(S(=O)(=O)c2cccs2)CCN1c1ccc(C(C)(O)C(F)(F)F)cc1. The number of benzene rings is 1. The van der Waals surface area contributed by atoms with Crippen molar-refractivity contribution in [2.75, 3.05) is 31.1 Å². The third-order valence-electron chi connectivity index (χ3n) is 5.99. The molecular formula is C21H28F3N3O5S3. The van der Waals surface area contributed by atoms with Crippen molar-refractivity contribution >= 4 is 37.1 Å². The first-order chi connectivity index (χ1) is 16.1. The molecule has 14 heteroatoms. The summed E-state index contributed by atoms with van der Waals surface area (Å²) in [5.41, 5.74) is -2.90. The molecule has 2 N–H and O–H groups in total. The normalized spacial score (nSPS) is 20.2. The summed E-state index contributed by atoms with van der Waals surface area (Å²) in [5, 5.41) is 10.9. The lowest BCUT2D eigenvalue weighted by molar-refractivity contribution is -0.258. The second-order valence-electron chi connectivity index (χ2n) is 8.70. The number of rotatable bonds is 8. The van der Waals surface area contributed by atoms with Crippen LogP contribution in [0.25, 0.3) is 0 Å². The zero-order valence-electron chi connectivity index (χ0n) is 19.4. The van der Waals surface area contributed by atoms with Crippen molar-refractivity contribution in [2.24, 2.45) is 0 Å². The van der Waals surface area contributed by atoms with Crippen LogP contribution in [0.5, 0.6) is 0 Å².